The molecule has 2 heterocycles. The van der Waals surface area contributed by atoms with Gasteiger partial charge in [-0.1, -0.05) is 46.4 Å². The molecular weight excluding hydrogens is 470 g/mol. The predicted octanol–water partition coefficient (Wildman–Crippen LogP) is 3.51. The summed E-state index contributed by atoms with van der Waals surface area (Å²) < 4.78 is 0. The molecule has 2 aliphatic rings. The molecule has 2 fully saturated rings. The second-order valence-corrected chi connectivity index (χ2v) is 7.92. The van der Waals surface area contributed by atoms with Crippen LogP contribution in [0, 0.1) is 0 Å². The molecule has 0 saturated carbocycles. The molecule has 12 heteroatoms. The van der Waals surface area contributed by atoms with Crippen LogP contribution in [0.5, 0.6) is 0 Å². The monoisotopic (exact) mass is 488 g/mol. The average Bonchev–Trinajstić information content (AvgIpc) is 3.36. The molecule has 160 valence electrons. The van der Waals surface area contributed by atoms with Crippen LogP contribution in [0.1, 0.15) is 0 Å². The van der Waals surface area contributed by atoms with Crippen molar-refractivity contribution in [2.45, 2.75) is 0 Å². The fourth-order valence-electron chi connectivity index (χ4n) is 2.61. The number of benzene rings is 2. The number of hydrogen-bond donors (Lipinski definition) is 6. The summed E-state index contributed by atoms with van der Waals surface area (Å²) in [5.74, 6) is 1.37. The van der Waals surface area contributed by atoms with Crippen molar-refractivity contribution in [3.8, 4) is 0 Å². The minimum absolute atomic E-state index is 0.447. The minimum Gasteiger partial charge on any atom is -0.399 e. The first-order chi connectivity index (χ1) is 14.3. The van der Waals surface area contributed by atoms with Crippen molar-refractivity contribution in [3.05, 3.63) is 44.4 Å². The fourth-order valence-corrected chi connectivity index (χ4v) is 3.79. The van der Waals surface area contributed by atoms with Crippen molar-refractivity contribution < 1.29 is 0 Å². The van der Waals surface area contributed by atoms with E-state index in [4.69, 9.17) is 57.9 Å². The van der Waals surface area contributed by atoms with Gasteiger partial charge < -0.3 is 32.7 Å². The summed E-state index contributed by atoms with van der Waals surface area (Å²) in [4.78, 5) is 8.55. The molecule has 8 nitrogen and oxygen atoms in total. The van der Waals surface area contributed by atoms with Gasteiger partial charge in [-0.15, -0.1) is 0 Å². The van der Waals surface area contributed by atoms with Crippen LogP contribution in [0.3, 0.4) is 0 Å². The van der Waals surface area contributed by atoms with Crippen molar-refractivity contribution in [1.82, 2.24) is 21.3 Å². The van der Waals surface area contributed by atoms with E-state index in [1.165, 1.54) is 0 Å². The summed E-state index contributed by atoms with van der Waals surface area (Å²) in [6.45, 7) is 3.40. The Hall–Kier alpha value is -2.26. The van der Waals surface area contributed by atoms with Gasteiger partial charge in [0.05, 0.1) is 20.1 Å². The Kier molecular flexibility index (Phi) is 7.60. The van der Waals surface area contributed by atoms with Crippen LogP contribution in [-0.2, 0) is 0 Å². The van der Waals surface area contributed by atoms with E-state index in [-0.39, 0.29) is 0 Å². The minimum atomic E-state index is 0.447. The molecule has 2 saturated heterocycles. The normalized spacial score (nSPS) is 14.7. The van der Waals surface area contributed by atoms with Gasteiger partial charge in [0.25, 0.3) is 0 Å². The quantitative estimate of drug-likeness (QED) is 0.358. The first-order valence-electron chi connectivity index (χ1n) is 8.95. The zero-order valence-electron chi connectivity index (χ0n) is 15.7. The smallest absolute Gasteiger partial charge is 0.196 e. The summed E-state index contributed by atoms with van der Waals surface area (Å²) in [5, 5.41) is 14.0. The molecule has 2 aromatic carbocycles. The van der Waals surface area contributed by atoms with Crippen LogP contribution in [0.15, 0.2) is 34.3 Å². The highest BCUT2D eigenvalue weighted by molar-refractivity contribution is 6.40. The molecule has 0 radical (unpaired) electrons. The van der Waals surface area contributed by atoms with E-state index < -0.39 is 0 Å². The van der Waals surface area contributed by atoms with E-state index in [9.17, 15) is 0 Å². The Morgan fingerprint density at radius 2 is 0.833 bits per heavy atom. The second kappa shape index (κ2) is 10.2. The molecular formula is C18H20Cl4N8. The molecule has 0 bridgehead atoms. The zero-order chi connectivity index (χ0) is 21.7. The van der Waals surface area contributed by atoms with Gasteiger partial charge in [0.1, 0.15) is 11.4 Å². The second-order valence-electron chi connectivity index (χ2n) is 6.29. The molecule has 4 rings (SSSR count). The summed E-state index contributed by atoms with van der Waals surface area (Å²) >= 11 is 23.9. The molecule has 0 unspecified atom stereocenters. The van der Waals surface area contributed by atoms with E-state index in [0.29, 0.717) is 54.8 Å². The van der Waals surface area contributed by atoms with Gasteiger partial charge in [0.2, 0.25) is 0 Å². The number of anilines is 2. The largest absolute Gasteiger partial charge is 0.399 e. The van der Waals surface area contributed by atoms with Crippen molar-refractivity contribution >= 4 is 81.1 Å². The highest BCUT2D eigenvalue weighted by atomic mass is 35.5. The van der Waals surface area contributed by atoms with Crippen LogP contribution in [-0.4, -0.2) is 38.1 Å². The number of nitrogens with one attached hydrogen (secondary N) is 4. The highest BCUT2D eigenvalue weighted by Crippen LogP contribution is 2.36. The number of nitrogens with zero attached hydrogens (tertiary/aromatic N) is 2. The van der Waals surface area contributed by atoms with Crippen LogP contribution < -0.4 is 32.7 Å². The van der Waals surface area contributed by atoms with Gasteiger partial charge in [0, 0.05) is 37.6 Å². The fraction of sp³-hybridized carbons (Fsp3) is 0.222. The number of nitrogen functional groups attached to an aromatic ring is 2. The zero-order valence-corrected chi connectivity index (χ0v) is 18.7. The Bertz CT molecular complexity index is 851. The van der Waals surface area contributed by atoms with Crippen LogP contribution in [0.2, 0.25) is 20.1 Å². The molecule has 0 atom stereocenters. The summed E-state index contributed by atoms with van der Waals surface area (Å²) in [6.07, 6.45) is 0. The van der Waals surface area contributed by atoms with Crippen LogP contribution in [0.4, 0.5) is 22.7 Å². The van der Waals surface area contributed by atoms with Gasteiger partial charge in [-0.2, -0.15) is 0 Å². The first kappa shape index (κ1) is 22.4. The lowest BCUT2D eigenvalue weighted by atomic mass is 10.3. The third-order valence-electron chi connectivity index (χ3n) is 3.95. The van der Waals surface area contributed by atoms with Gasteiger partial charge in [0.15, 0.2) is 11.9 Å². The lowest BCUT2D eigenvalue weighted by Gasteiger charge is -2.05. The number of aliphatic imine (C=N–C) groups is 2. The van der Waals surface area contributed by atoms with Crippen molar-refractivity contribution in [2.75, 3.05) is 37.6 Å². The van der Waals surface area contributed by atoms with E-state index in [1.54, 1.807) is 24.3 Å². The Morgan fingerprint density at radius 3 is 1.10 bits per heavy atom. The Labute approximate surface area is 194 Å². The molecule has 2 aliphatic heterocycles. The maximum Gasteiger partial charge on any atom is 0.196 e. The van der Waals surface area contributed by atoms with Crippen LogP contribution >= 0.6 is 46.4 Å². The third-order valence-corrected chi connectivity index (χ3v) is 5.10. The van der Waals surface area contributed by atoms with E-state index >= 15 is 0 Å². The van der Waals surface area contributed by atoms with E-state index in [1.807, 2.05) is 0 Å². The van der Waals surface area contributed by atoms with Gasteiger partial charge in [-0.25, -0.2) is 9.98 Å². The number of rotatable bonds is 2. The van der Waals surface area contributed by atoms with Crippen molar-refractivity contribution in [2.24, 2.45) is 9.98 Å². The van der Waals surface area contributed by atoms with Crippen LogP contribution in [0.25, 0.3) is 0 Å². The summed E-state index contributed by atoms with van der Waals surface area (Å²) in [7, 11) is 0. The van der Waals surface area contributed by atoms with Gasteiger partial charge in [-0.3, -0.25) is 0 Å². The van der Waals surface area contributed by atoms with Crippen molar-refractivity contribution in [3.63, 3.8) is 0 Å². The Balaban J connectivity index is 0.000000171. The van der Waals surface area contributed by atoms with Gasteiger partial charge in [-0.05, 0) is 24.3 Å². The SMILES string of the molecule is Nc1cc(Cl)c(N=C2NCCN2)c(Cl)c1.Nc1cc(Cl)c(N=C2NCCN2)c(Cl)c1. The lowest BCUT2D eigenvalue weighted by Crippen LogP contribution is -2.23. The standard InChI is InChI=1S/2C9H10Cl2N4/c2*10-6-3-5(12)4-7(11)8(6)15-9-13-1-2-14-9/h2*3-4H,1-2,12H2,(H2,13,14,15). The van der Waals surface area contributed by atoms with E-state index in [0.717, 1.165) is 26.2 Å². The average molecular weight is 490 g/mol. The number of guanidine groups is 2. The van der Waals surface area contributed by atoms with E-state index in [2.05, 4.69) is 31.3 Å². The first-order valence-corrected chi connectivity index (χ1v) is 10.5. The van der Waals surface area contributed by atoms with Gasteiger partial charge >= 0.3 is 0 Å². The maximum absolute atomic E-state index is 5.99. The molecule has 0 spiro atoms. The molecule has 8 N–H and O–H groups in total. The lowest BCUT2D eigenvalue weighted by molar-refractivity contribution is 0.942. The summed E-state index contributed by atoms with van der Waals surface area (Å²) in [6, 6.07) is 6.51. The molecule has 0 aromatic heterocycles. The molecule has 30 heavy (non-hydrogen) atoms. The number of hydrogen-bond acceptors (Lipinski definition) is 4. The Morgan fingerprint density at radius 1 is 0.567 bits per heavy atom. The topological polar surface area (TPSA) is 125 Å². The maximum atomic E-state index is 5.99. The third kappa shape index (κ3) is 5.89. The summed E-state index contributed by atoms with van der Waals surface area (Å²) in [5.41, 5.74) is 13.3. The highest BCUT2D eigenvalue weighted by Gasteiger charge is 2.11. The number of halogens is 4. The molecule has 2 aromatic rings. The molecule has 0 amide bonds. The number of nitrogens with two attached hydrogens (primary N) is 2. The van der Waals surface area contributed by atoms with Crippen molar-refractivity contribution in [1.29, 1.82) is 0 Å². The predicted molar refractivity (Wildman–Crippen MR) is 128 cm³/mol. The molecule has 0 aliphatic carbocycles.